The molecule has 0 saturated heterocycles. The number of hydrogen-bond acceptors (Lipinski definition) is 6. The third-order valence-corrected chi connectivity index (χ3v) is 6.23. The molecule has 0 radical (unpaired) electrons. The molecule has 1 aromatic heterocycles. The summed E-state index contributed by atoms with van der Waals surface area (Å²) in [5, 5.41) is 0.284. The van der Waals surface area contributed by atoms with Gasteiger partial charge in [-0.3, -0.25) is 9.78 Å². The summed E-state index contributed by atoms with van der Waals surface area (Å²) in [6.07, 6.45) is 5.77. The molecular formula is C24H24Cl2N2O5. The number of esters is 2. The van der Waals surface area contributed by atoms with Crippen molar-refractivity contribution in [2.45, 2.75) is 39.2 Å². The molecule has 0 atom stereocenters. The van der Waals surface area contributed by atoms with Crippen LogP contribution in [0, 0.1) is 6.92 Å². The van der Waals surface area contributed by atoms with Gasteiger partial charge in [-0.15, -0.1) is 0 Å². The van der Waals surface area contributed by atoms with Crippen LogP contribution in [0.2, 0.25) is 10.0 Å². The Bertz CT molecular complexity index is 1130. The first-order chi connectivity index (χ1) is 15.8. The van der Waals surface area contributed by atoms with Crippen LogP contribution in [0.4, 0.5) is 5.69 Å². The molecule has 0 aliphatic heterocycles. The number of hydrogen-bond donors (Lipinski definition) is 0. The van der Waals surface area contributed by atoms with Gasteiger partial charge < -0.3 is 14.4 Å². The summed E-state index contributed by atoms with van der Waals surface area (Å²) in [5.41, 5.74) is 2.79. The molecular weight excluding hydrogens is 467 g/mol. The maximum atomic E-state index is 13.9. The fourth-order valence-corrected chi connectivity index (χ4v) is 4.32. The highest BCUT2D eigenvalue weighted by molar-refractivity contribution is 6.38. The average molecular weight is 491 g/mol. The van der Waals surface area contributed by atoms with Crippen molar-refractivity contribution in [2.75, 3.05) is 19.1 Å². The number of ether oxygens (including phenoxy) is 2. The average Bonchev–Trinajstić information content (AvgIpc) is 2.82. The minimum Gasteiger partial charge on any atom is -0.466 e. The molecule has 7 nitrogen and oxygen atoms in total. The Morgan fingerprint density at radius 2 is 1.67 bits per heavy atom. The molecule has 1 amide bonds. The van der Waals surface area contributed by atoms with Crippen molar-refractivity contribution in [1.29, 1.82) is 0 Å². The molecule has 3 rings (SSSR count). The molecule has 1 aromatic carbocycles. The van der Waals surface area contributed by atoms with E-state index in [4.69, 9.17) is 32.7 Å². The van der Waals surface area contributed by atoms with Crippen LogP contribution in [0.1, 0.15) is 47.2 Å². The standard InChI is InChI=1S/C24H24Cl2N2O5/c1-14-8-9-27-12-15(14)13-28(21-10-18(24(31)33-3)19(25)11-20(21)26)22(29)16-6-4-5-7-17(16)23(30)32-2/h8-12H,4-7,13H2,1-3H3. The van der Waals surface area contributed by atoms with Gasteiger partial charge in [-0.2, -0.15) is 0 Å². The zero-order valence-corrected chi connectivity index (χ0v) is 20.1. The quantitative estimate of drug-likeness (QED) is 0.526. The maximum absolute atomic E-state index is 13.9. The number of carbonyl (C=O) groups excluding carboxylic acids is 3. The first-order valence-electron chi connectivity index (χ1n) is 10.4. The number of benzene rings is 1. The number of aromatic nitrogens is 1. The van der Waals surface area contributed by atoms with Crippen molar-refractivity contribution in [3.8, 4) is 0 Å². The normalized spacial score (nSPS) is 13.5. The van der Waals surface area contributed by atoms with Crippen LogP contribution in [-0.2, 0) is 25.6 Å². The van der Waals surface area contributed by atoms with Gasteiger partial charge in [0.05, 0.1) is 42.1 Å². The van der Waals surface area contributed by atoms with E-state index in [0.717, 1.165) is 24.0 Å². The second-order valence-electron chi connectivity index (χ2n) is 7.62. The first-order valence-corrected chi connectivity index (χ1v) is 11.1. The maximum Gasteiger partial charge on any atom is 0.339 e. The van der Waals surface area contributed by atoms with E-state index in [1.807, 2.05) is 13.0 Å². The molecule has 1 aliphatic rings. The molecule has 9 heteroatoms. The van der Waals surface area contributed by atoms with Gasteiger partial charge in [-0.05, 0) is 61.9 Å². The van der Waals surface area contributed by atoms with Crippen LogP contribution in [0.5, 0.6) is 0 Å². The molecule has 174 valence electrons. The van der Waals surface area contributed by atoms with Gasteiger partial charge in [0.15, 0.2) is 0 Å². The lowest BCUT2D eigenvalue weighted by molar-refractivity contribution is -0.136. The number of rotatable bonds is 6. The van der Waals surface area contributed by atoms with Gasteiger partial charge in [0.25, 0.3) is 5.91 Å². The number of nitrogens with zero attached hydrogens (tertiary/aromatic N) is 2. The minimum atomic E-state index is -0.657. The molecule has 0 spiro atoms. The Kier molecular flexibility index (Phi) is 8.10. The largest absolute Gasteiger partial charge is 0.466 e. The number of anilines is 1. The van der Waals surface area contributed by atoms with Gasteiger partial charge in [0.2, 0.25) is 0 Å². The molecule has 0 N–H and O–H groups in total. The van der Waals surface area contributed by atoms with E-state index in [-0.39, 0.29) is 27.8 Å². The number of amides is 1. The fraction of sp³-hybridized carbons (Fsp3) is 0.333. The molecule has 2 aromatic rings. The smallest absolute Gasteiger partial charge is 0.339 e. The number of methoxy groups -OCH3 is 2. The van der Waals surface area contributed by atoms with Crippen LogP contribution in [-0.4, -0.2) is 37.0 Å². The lowest BCUT2D eigenvalue weighted by atomic mass is 9.90. The van der Waals surface area contributed by atoms with Crippen molar-refractivity contribution >= 4 is 46.7 Å². The Balaban J connectivity index is 2.18. The summed E-state index contributed by atoms with van der Waals surface area (Å²) in [4.78, 5) is 44.1. The topological polar surface area (TPSA) is 85.8 Å². The molecule has 1 aliphatic carbocycles. The van der Waals surface area contributed by atoms with Crippen LogP contribution in [0.25, 0.3) is 0 Å². The number of pyridine rings is 1. The highest BCUT2D eigenvalue weighted by Gasteiger charge is 2.30. The van der Waals surface area contributed by atoms with E-state index in [9.17, 15) is 14.4 Å². The highest BCUT2D eigenvalue weighted by atomic mass is 35.5. The van der Waals surface area contributed by atoms with Crippen LogP contribution >= 0.6 is 23.2 Å². The lowest BCUT2D eigenvalue weighted by Crippen LogP contribution is -2.34. The van der Waals surface area contributed by atoms with Crippen molar-refractivity contribution in [2.24, 2.45) is 0 Å². The van der Waals surface area contributed by atoms with Gasteiger partial charge in [-0.1, -0.05) is 23.2 Å². The predicted molar refractivity (Wildman–Crippen MR) is 125 cm³/mol. The second kappa shape index (κ2) is 10.8. The molecule has 0 unspecified atom stereocenters. The van der Waals surface area contributed by atoms with E-state index in [0.29, 0.717) is 24.0 Å². The Morgan fingerprint density at radius 3 is 2.30 bits per heavy atom. The number of aryl methyl sites for hydroxylation is 1. The first kappa shape index (κ1) is 24.7. The van der Waals surface area contributed by atoms with Crippen LogP contribution in [0.3, 0.4) is 0 Å². The van der Waals surface area contributed by atoms with Gasteiger partial charge >= 0.3 is 11.9 Å². The Morgan fingerprint density at radius 1 is 1.00 bits per heavy atom. The van der Waals surface area contributed by atoms with Crippen molar-refractivity contribution in [3.63, 3.8) is 0 Å². The predicted octanol–water partition coefficient (Wildman–Crippen LogP) is 5.06. The van der Waals surface area contributed by atoms with Crippen molar-refractivity contribution in [1.82, 2.24) is 4.98 Å². The fourth-order valence-electron chi connectivity index (χ4n) is 3.76. The van der Waals surface area contributed by atoms with E-state index < -0.39 is 17.8 Å². The van der Waals surface area contributed by atoms with Gasteiger partial charge in [-0.25, -0.2) is 9.59 Å². The van der Waals surface area contributed by atoms with Crippen LogP contribution in [0.15, 0.2) is 41.7 Å². The number of halogens is 2. The number of carbonyl (C=O) groups is 3. The second-order valence-corrected chi connectivity index (χ2v) is 8.44. The molecule has 33 heavy (non-hydrogen) atoms. The van der Waals surface area contributed by atoms with Crippen molar-refractivity contribution in [3.05, 3.63) is 68.5 Å². The summed E-state index contributed by atoms with van der Waals surface area (Å²) in [7, 11) is 2.53. The monoisotopic (exact) mass is 490 g/mol. The summed E-state index contributed by atoms with van der Waals surface area (Å²) in [5.74, 6) is -1.57. The minimum absolute atomic E-state index is 0.0742. The Labute approximate surface area is 202 Å². The van der Waals surface area contributed by atoms with E-state index >= 15 is 0 Å². The molecule has 0 saturated carbocycles. The third kappa shape index (κ3) is 5.37. The SMILES string of the molecule is COC(=O)C1=C(C(=O)N(Cc2cnccc2C)c2cc(C(=O)OC)c(Cl)cc2Cl)CCCC1. The zero-order chi connectivity index (χ0) is 24.1. The highest BCUT2D eigenvalue weighted by Crippen LogP contribution is 2.36. The van der Waals surface area contributed by atoms with Crippen LogP contribution < -0.4 is 4.90 Å². The molecule has 1 heterocycles. The summed E-state index contributed by atoms with van der Waals surface area (Å²) < 4.78 is 9.73. The molecule has 0 bridgehead atoms. The summed E-state index contributed by atoms with van der Waals surface area (Å²) in [6.45, 7) is 2.03. The third-order valence-electron chi connectivity index (χ3n) is 5.61. The van der Waals surface area contributed by atoms with E-state index in [1.54, 1.807) is 12.4 Å². The lowest BCUT2D eigenvalue weighted by Gasteiger charge is -2.28. The zero-order valence-electron chi connectivity index (χ0n) is 18.6. The van der Waals surface area contributed by atoms with Gasteiger partial charge in [0, 0.05) is 23.5 Å². The van der Waals surface area contributed by atoms with Crippen molar-refractivity contribution < 1.29 is 23.9 Å². The molecule has 0 fully saturated rings. The van der Waals surface area contributed by atoms with Gasteiger partial charge in [0.1, 0.15) is 0 Å². The van der Waals surface area contributed by atoms with E-state index in [2.05, 4.69) is 4.98 Å². The Hall–Kier alpha value is -2.90. The summed E-state index contributed by atoms with van der Waals surface area (Å²) >= 11 is 12.7. The van der Waals surface area contributed by atoms with E-state index in [1.165, 1.54) is 31.3 Å². The summed E-state index contributed by atoms with van der Waals surface area (Å²) in [6, 6.07) is 4.67.